The van der Waals surface area contributed by atoms with Crippen molar-refractivity contribution in [3.05, 3.63) is 0 Å². The van der Waals surface area contributed by atoms with Crippen LogP contribution in [0.1, 0.15) is 32.6 Å². The van der Waals surface area contributed by atoms with Gasteiger partial charge in [-0.15, -0.1) is 0 Å². The van der Waals surface area contributed by atoms with Crippen molar-refractivity contribution in [1.29, 1.82) is 0 Å². The number of ether oxygens (including phenoxy) is 1. The zero-order chi connectivity index (χ0) is 9.52. The Labute approximate surface area is 79.8 Å². The summed E-state index contributed by atoms with van der Waals surface area (Å²) in [5.74, 6) is 0.711. The van der Waals surface area contributed by atoms with Crippen molar-refractivity contribution in [2.45, 2.75) is 32.6 Å². The van der Waals surface area contributed by atoms with Crippen molar-refractivity contribution in [2.75, 3.05) is 19.8 Å². The second-order valence-electron chi connectivity index (χ2n) is 3.64. The van der Waals surface area contributed by atoms with Gasteiger partial charge < -0.3 is 10.1 Å². The summed E-state index contributed by atoms with van der Waals surface area (Å²) in [5, 5.41) is 2.93. The van der Waals surface area contributed by atoms with Crippen LogP contribution in [0, 0.1) is 5.92 Å². The van der Waals surface area contributed by atoms with Gasteiger partial charge in [-0.25, -0.2) is 0 Å². The fourth-order valence-electron chi connectivity index (χ4n) is 1.54. The second kappa shape index (κ2) is 5.97. The number of carbonyl (C=O) groups is 1. The summed E-state index contributed by atoms with van der Waals surface area (Å²) >= 11 is 0. The molecule has 0 aromatic carbocycles. The Morgan fingerprint density at radius 2 is 2.46 bits per heavy atom. The minimum Gasteiger partial charge on any atom is -0.381 e. The van der Waals surface area contributed by atoms with Crippen LogP contribution in [-0.4, -0.2) is 25.7 Å². The van der Waals surface area contributed by atoms with E-state index in [1.54, 1.807) is 0 Å². The van der Waals surface area contributed by atoms with Gasteiger partial charge in [-0.3, -0.25) is 4.79 Å². The molecule has 13 heavy (non-hydrogen) atoms. The van der Waals surface area contributed by atoms with Crippen LogP contribution in [0.5, 0.6) is 0 Å². The van der Waals surface area contributed by atoms with E-state index in [2.05, 4.69) is 5.32 Å². The highest BCUT2D eigenvalue weighted by Crippen LogP contribution is 2.11. The van der Waals surface area contributed by atoms with Crippen molar-refractivity contribution < 1.29 is 9.53 Å². The first-order valence-electron chi connectivity index (χ1n) is 5.17. The largest absolute Gasteiger partial charge is 0.381 e. The van der Waals surface area contributed by atoms with Crippen molar-refractivity contribution in [3.63, 3.8) is 0 Å². The van der Waals surface area contributed by atoms with Gasteiger partial charge >= 0.3 is 0 Å². The van der Waals surface area contributed by atoms with E-state index in [9.17, 15) is 4.79 Å². The summed E-state index contributed by atoms with van der Waals surface area (Å²) in [7, 11) is 0. The average molecular weight is 185 g/mol. The molecule has 1 amide bonds. The standard InChI is InChI=1S/C10H19NO2/c1-2-4-10(12)11-7-9-5-3-6-13-8-9/h9H,2-8H2,1H3,(H,11,12). The van der Waals surface area contributed by atoms with Crippen LogP contribution >= 0.6 is 0 Å². The van der Waals surface area contributed by atoms with Crippen LogP contribution in [0.3, 0.4) is 0 Å². The van der Waals surface area contributed by atoms with Crippen LogP contribution in [-0.2, 0) is 9.53 Å². The van der Waals surface area contributed by atoms with Crippen LogP contribution in [0.15, 0.2) is 0 Å². The average Bonchev–Trinajstić information content (AvgIpc) is 2.17. The maximum Gasteiger partial charge on any atom is 0.219 e. The number of hydrogen-bond donors (Lipinski definition) is 1. The van der Waals surface area contributed by atoms with Gasteiger partial charge in [0.15, 0.2) is 0 Å². The first kappa shape index (κ1) is 10.5. The molecule has 0 radical (unpaired) electrons. The Bertz CT molecular complexity index is 153. The van der Waals surface area contributed by atoms with Gasteiger partial charge in [-0.05, 0) is 25.2 Å². The molecular weight excluding hydrogens is 166 g/mol. The maximum atomic E-state index is 11.1. The molecule has 1 aliphatic heterocycles. The zero-order valence-corrected chi connectivity index (χ0v) is 8.34. The number of hydrogen-bond acceptors (Lipinski definition) is 2. The molecular formula is C10H19NO2. The van der Waals surface area contributed by atoms with Gasteiger partial charge in [-0.2, -0.15) is 0 Å². The Balaban J connectivity index is 2.06. The second-order valence-corrected chi connectivity index (χ2v) is 3.64. The lowest BCUT2D eigenvalue weighted by Crippen LogP contribution is -2.32. The molecule has 1 atom stereocenters. The van der Waals surface area contributed by atoms with Crippen molar-refractivity contribution in [1.82, 2.24) is 5.32 Å². The first-order valence-corrected chi connectivity index (χ1v) is 5.17. The minimum atomic E-state index is 0.174. The van der Waals surface area contributed by atoms with Gasteiger partial charge in [0.05, 0.1) is 6.61 Å². The quantitative estimate of drug-likeness (QED) is 0.717. The summed E-state index contributed by atoms with van der Waals surface area (Å²) in [6.07, 6.45) is 3.89. The lowest BCUT2D eigenvalue weighted by molar-refractivity contribution is -0.121. The third-order valence-electron chi connectivity index (χ3n) is 2.32. The Kier molecular flexibility index (Phi) is 4.83. The smallest absolute Gasteiger partial charge is 0.219 e. The molecule has 1 heterocycles. The van der Waals surface area contributed by atoms with E-state index < -0.39 is 0 Å². The predicted molar refractivity (Wildman–Crippen MR) is 51.5 cm³/mol. The summed E-state index contributed by atoms with van der Waals surface area (Å²) < 4.78 is 5.32. The number of carbonyl (C=O) groups excluding carboxylic acids is 1. The number of nitrogens with one attached hydrogen (secondary N) is 1. The molecule has 0 saturated carbocycles. The van der Waals surface area contributed by atoms with E-state index >= 15 is 0 Å². The van der Waals surface area contributed by atoms with Crippen molar-refractivity contribution in [3.8, 4) is 0 Å². The van der Waals surface area contributed by atoms with E-state index in [4.69, 9.17) is 4.74 Å². The lowest BCUT2D eigenvalue weighted by atomic mass is 10.0. The van der Waals surface area contributed by atoms with Gasteiger partial charge in [0.25, 0.3) is 0 Å². The molecule has 1 saturated heterocycles. The molecule has 0 aliphatic carbocycles. The molecule has 1 unspecified atom stereocenters. The van der Waals surface area contributed by atoms with Crippen LogP contribution in [0.2, 0.25) is 0 Å². The summed E-state index contributed by atoms with van der Waals surface area (Å²) in [6, 6.07) is 0. The van der Waals surface area contributed by atoms with Crippen LogP contribution in [0.25, 0.3) is 0 Å². The first-order chi connectivity index (χ1) is 6.33. The molecule has 0 spiro atoms. The van der Waals surface area contributed by atoms with Crippen molar-refractivity contribution >= 4 is 5.91 Å². The van der Waals surface area contributed by atoms with Gasteiger partial charge in [-0.1, -0.05) is 6.92 Å². The van der Waals surface area contributed by atoms with Gasteiger partial charge in [0.1, 0.15) is 0 Å². The fourth-order valence-corrected chi connectivity index (χ4v) is 1.54. The number of rotatable bonds is 4. The van der Waals surface area contributed by atoms with Gasteiger partial charge in [0.2, 0.25) is 5.91 Å². The molecule has 3 heteroatoms. The Morgan fingerprint density at radius 1 is 1.62 bits per heavy atom. The minimum absolute atomic E-state index is 0.174. The summed E-state index contributed by atoms with van der Waals surface area (Å²) in [4.78, 5) is 11.1. The lowest BCUT2D eigenvalue weighted by Gasteiger charge is -2.22. The highest BCUT2D eigenvalue weighted by Gasteiger charge is 2.14. The van der Waals surface area contributed by atoms with Crippen molar-refractivity contribution in [2.24, 2.45) is 5.92 Å². The normalized spacial score (nSPS) is 22.7. The molecule has 0 aromatic heterocycles. The molecule has 0 aromatic rings. The van der Waals surface area contributed by atoms with Crippen LogP contribution in [0.4, 0.5) is 0 Å². The van der Waals surface area contributed by atoms with E-state index in [0.29, 0.717) is 12.3 Å². The monoisotopic (exact) mass is 185 g/mol. The Morgan fingerprint density at radius 3 is 3.08 bits per heavy atom. The van der Waals surface area contributed by atoms with Gasteiger partial charge in [0, 0.05) is 19.6 Å². The third kappa shape index (κ3) is 4.27. The Hall–Kier alpha value is -0.570. The third-order valence-corrected chi connectivity index (χ3v) is 2.32. The maximum absolute atomic E-state index is 11.1. The van der Waals surface area contributed by atoms with Crippen LogP contribution < -0.4 is 5.32 Å². The highest BCUT2D eigenvalue weighted by atomic mass is 16.5. The fraction of sp³-hybridized carbons (Fsp3) is 0.900. The molecule has 76 valence electrons. The topological polar surface area (TPSA) is 38.3 Å². The van der Waals surface area contributed by atoms with E-state index in [0.717, 1.165) is 32.6 Å². The predicted octanol–water partition coefficient (Wildman–Crippen LogP) is 1.33. The molecule has 3 nitrogen and oxygen atoms in total. The molecule has 1 fully saturated rings. The highest BCUT2D eigenvalue weighted by molar-refractivity contribution is 5.75. The zero-order valence-electron chi connectivity index (χ0n) is 8.34. The van der Waals surface area contributed by atoms with E-state index in [1.165, 1.54) is 6.42 Å². The molecule has 0 bridgehead atoms. The molecule has 1 rings (SSSR count). The number of amides is 1. The summed E-state index contributed by atoms with van der Waals surface area (Å²) in [5.41, 5.74) is 0. The van der Waals surface area contributed by atoms with E-state index in [-0.39, 0.29) is 5.91 Å². The SMILES string of the molecule is CCCC(=O)NCC1CCCOC1. The molecule has 1 N–H and O–H groups in total. The molecule has 1 aliphatic rings. The van der Waals surface area contributed by atoms with E-state index in [1.807, 2.05) is 6.92 Å². The summed E-state index contributed by atoms with van der Waals surface area (Å²) in [6.45, 7) is 4.51.